The van der Waals surface area contributed by atoms with Crippen molar-refractivity contribution in [3.05, 3.63) is 39.8 Å². The summed E-state index contributed by atoms with van der Waals surface area (Å²) < 4.78 is 4.73. The molecule has 3 aliphatic rings. The number of allylic oxidation sites excluding steroid dienone is 3. The minimum absolute atomic E-state index is 0.0346. The average Bonchev–Trinajstić information content (AvgIpc) is 3.09. The zero-order valence-corrected chi connectivity index (χ0v) is 16.2. The summed E-state index contributed by atoms with van der Waals surface area (Å²) in [4.78, 5) is 24.9. The third kappa shape index (κ3) is 3.02. The molecule has 3 aliphatic carbocycles. The lowest BCUT2D eigenvalue weighted by molar-refractivity contribution is -0.113. The van der Waals surface area contributed by atoms with Crippen molar-refractivity contribution in [1.82, 2.24) is 0 Å². The lowest BCUT2D eigenvalue weighted by Crippen LogP contribution is -2.35. The minimum Gasteiger partial charge on any atom is -0.465 e. The summed E-state index contributed by atoms with van der Waals surface area (Å²) in [5.74, 6) is 0.127. The summed E-state index contributed by atoms with van der Waals surface area (Å²) in [6.45, 7) is 2.42. The van der Waals surface area contributed by atoms with Crippen LogP contribution in [0.1, 0.15) is 61.5 Å². The Hall–Kier alpha value is -1.88. The van der Waals surface area contributed by atoms with E-state index in [1.165, 1.54) is 56.1 Å². The summed E-state index contributed by atoms with van der Waals surface area (Å²) in [6.07, 6.45) is 10.4. The van der Waals surface area contributed by atoms with E-state index < -0.39 is 0 Å². The molecule has 1 aromatic rings. The van der Waals surface area contributed by atoms with Gasteiger partial charge in [-0.15, -0.1) is 11.3 Å². The lowest BCUT2D eigenvalue weighted by Gasteiger charge is -2.47. The van der Waals surface area contributed by atoms with Crippen LogP contribution in [0.3, 0.4) is 0 Å². The van der Waals surface area contributed by atoms with E-state index in [1.54, 1.807) is 17.7 Å². The number of ether oxygens (including phenoxy) is 1. The van der Waals surface area contributed by atoms with E-state index in [4.69, 9.17) is 4.74 Å². The Balaban J connectivity index is 1.56. The Kier molecular flexibility index (Phi) is 4.51. The average molecular weight is 372 g/mol. The number of anilines is 1. The molecular formula is C21H25NO3S. The highest BCUT2D eigenvalue weighted by molar-refractivity contribution is 7.18. The van der Waals surface area contributed by atoms with Gasteiger partial charge in [-0.2, -0.15) is 0 Å². The van der Waals surface area contributed by atoms with Gasteiger partial charge in [-0.1, -0.05) is 25.0 Å². The van der Waals surface area contributed by atoms with E-state index in [2.05, 4.69) is 18.3 Å². The Morgan fingerprint density at radius 2 is 2.08 bits per heavy atom. The number of hydrogen-bond acceptors (Lipinski definition) is 4. The van der Waals surface area contributed by atoms with Gasteiger partial charge in [0.2, 0.25) is 0 Å². The van der Waals surface area contributed by atoms with Crippen LogP contribution in [0.5, 0.6) is 0 Å². The predicted octanol–water partition coefficient (Wildman–Crippen LogP) is 5.09. The minimum atomic E-state index is -0.370. The van der Waals surface area contributed by atoms with Gasteiger partial charge >= 0.3 is 5.97 Å². The van der Waals surface area contributed by atoms with E-state index in [0.29, 0.717) is 21.2 Å². The van der Waals surface area contributed by atoms with Crippen LogP contribution < -0.4 is 5.32 Å². The summed E-state index contributed by atoms with van der Waals surface area (Å²) >= 11 is 1.25. The first-order valence-corrected chi connectivity index (χ1v) is 10.3. The van der Waals surface area contributed by atoms with Gasteiger partial charge in [0, 0.05) is 5.57 Å². The summed E-state index contributed by atoms with van der Waals surface area (Å²) in [5.41, 5.74) is 4.31. The van der Waals surface area contributed by atoms with Gasteiger partial charge < -0.3 is 10.1 Å². The standard InChI is InChI=1S/C21H25NO3S/c1-21-9-3-5-13-11-15(12-14(18(13)21)6-4-10-21)19(23)22-17-8-7-16(26-17)20(24)25-2/h7-8,11,14H,3-6,9-10,12H2,1-2H3,(H,22,23). The van der Waals surface area contributed by atoms with Crippen LogP contribution in [0.25, 0.3) is 0 Å². The maximum atomic E-state index is 12.8. The highest BCUT2D eigenvalue weighted by atomic mass is 32.1. The summed E-state index contributed by atoms with van der Waals surface area (Å²) in [5, 5.41) is 3.66. The van der Waals surface area contributed by atoms with E-state index in [9.17, 15) is 9.59 Å². The zero-order valence-electron chi connectivity index (χ0n) is 15.4. The molecule has 1 amide bonds. The van der Waals surface area contributed by atoms with Gasteiger partial charge in [-0.05, 0) is 67.6 Å². The Morgan fingerprint density at radius 1 is 1.27 bits per heavy atom. The molecule has 2 unspecified atom stereocenters. The van der Waals surface area contributed by atoms with E-state index in [1.807, 2.05) is 0 Å². The van der Waals surface area contributed by atoms with Crippen molar-refractivity contribution in [3.8, 4) is 0 Å². The highest BCUT2D eigenvalue weighted by Crippen LogP contribution is 2.55. The molecule has 4 rings (SSSR count). The number of amides is 1. The molecule has 0 spiro atoms. The second kappa shape index (κ2) is 6.69. The van der Waals surface area contributed by atoms with Gasteiger partial charge in [0.15, 0.2) is 0 Å². The molecule has 0 radical (unpaired) electrons. The first kappa shape index (κ1) is 17.5. The Bertz CT molecular complexity index is 819. The molecule has 1 heterocycles. The van der Waals surface area contributed by atoms with Gasteiger partial charge in [0.05, 0.1) is 12.1 Å². The van der Waals surface area contributed by atoms with Crippen LogP contribution in [0.15, 0.2) is 34.9 Å². The molecule has 138 valence electrons. The summed E-state index contributed by atoms with van der Waals surface area (Å²) in [6, 6.07) is 3.46. The molecule has 1 aromatic heterocycles. The highest BCUT2D eigenvalue weighted by Gasteiger charge is 2.42. The SMILES string of the molecule is COC(=O)c1ccc(NC(=O)C2=CC3=C4C(CCCC4(C)CCC3)C2)s1. The number of methoxy groups -OCH3 is 1. The second-order valence-electron chi connectivity index (χ2n) is 7.93. The normalized spacial score (nSPS) is 27.5. The summed E-state index contributed by atoms with van der Waals surface area (Å²) in [7, 11) is 1.36. The largest absolute Gasteiger partial charge is 0.465 e. The van der Waals surface area contributed by atoms with Crippen LogP contribution in [-0.4, -0.2) is 19.0 Å². The molecule has 0 aromatic carbocycles. The molecule has 1 N–H and O–H groups in total. The molecular weight excluding hydrogens is 346 g/mol. The Morgan fingerprint density at radius 3 is 2.88 bits per heavy atom. The fourth-order valence-corrected chi connectivity index (χ4v) is 5.90. The molecule has 0 saturated heterocycles. The molecule has 2 atom stereocenters. The molecule has 0 bridgehead atoms. The van der Waals surface area contributed by atoms with Crippen molar-refractivity contribution in [3.63, 3.8) is 0 Å². The third-order valence-electron chi connectivity index (χ3n) is 6.20. The topological polar surface area (TPSA) is 55.4 Å². The second-order valence-corrected chi connectivity index (χ2v) is 9.01. The van der Waals surface area contributed by atoms with Crippen molar-refractivity contribution in [2.75, 3.05) is 12.4 Å². The van der Waals surface area contributed by atoms with Crippen molar-refractivity contribution in [2.24, 2.45) is 11.3 Å². The van der Waals surface area contributed by atoms with E-state index in [-0.39, 0.29) is 11.9 Å². The van der Waals surface area contributed by atoms with Crippen LogP contribution >= 0.6 is 11.3 Å². The number of thiophene rings is 1. The molecule has 4 nitrogen and oxygen atoms in total. The fourth-order valence-electron chi connectivity index (χ4n) is 5.08. The fraction of sp³-hybridized carbons (Fsp3) is 0.524. The third-order valence-corrected chi connectivity index (χ3v) is 7.18. The van der Waals surface area contributed by atoms with Gasteiger partial charge in [0.25, 0.3) is 5.91 Å². The quantitative estimate of drug-likeness (QED) is 0.753. The van der Waals surface area contributed by atoms with Crippen molar-refractivity contribution in [1.29, 1.82) is 0 Å². The van der Waals surface area contributed by atoms with E-state index in [0.717, 1.165) is 18.4 Å². The van der Waals surface area contributed by atoms with Crippen LogP contribution in [-0.2, 0) is 9.53 Å². The number of carbonyl (C=O) groups is 2. The molecule has 1 saturated carbocycles. The van der Waals surface area contributed by atoms with Crippen molar-refractivity contribution >= 4 is 28.2 Å². The van der Waals surface area contributed by atoms with Gasteiger partial charge in [0.1, 0.15) is 4.88 Å². The van der Waals surface area contributed by atoms with Gasteiger partial charge in [-0.3, -0.25) is 4.79 Å². The van der Waals surface area contributed by atoms with Crippen molar-refractivity contribution in [2.45, 2.75) is 51.9 Å². The zero-order chi connectivity index (χ0) is 18.3. The molecule has 1 fully saturated rings. The molecule has 0 aliphatic heterocycles. The first-order chi connectivity index (χ1) is 12.5. The number of hydrogen-bond donors (Lipinski definition) is 1. The van der Waals surface area contributed by atoms with Crippen LogP contribution in [0.2, 0.25) is 0 Å². The number of carbonyl (C=O) groups excluding carboxylic acids is 2. The maximum Gasteiger partial charge on any atom is 0.348 e. The van der Waals surface area contributed by atoms with Crippen LogP contribution in [0, 0.1) is 11.3 Å². The first-order valence-electron chi connectivity index (χ1n) is 9.44. The molecule has 26 heavy (non-hydrogen) atoms. The predicted molar refractivity (Wildman–Crippen MR) is 103 cm³/mol. The number of rotatable bonds is 3. The number of esters is 1. The van der Waals surface area contributed by atoms with Gasteiger partial charge in [-0.25, -0.2) is 4.79 Å². The Labute approximate surface area is 158 Å². The van der Waals surface area contributed by atoms with E-state index >= 15 is 0 Å². The van der Waals surface area contributed by atoms with Crippen molar-refractivity contribution < 1.29 is 14.3 Å². The van der Waals surface area contributed by atoms with Crippen LogP contribution in [0.4, 0.5) is 5.00 Å². The lowest BCUT2D eigenvalue weighted by atomic mass is 9.57. The smallest absolute Gasteiger partial charge is 0.348 e. The monoisotopic (exact) mass is 371 g/mol. The molecule has 5 heteroatoms. The maximum absolute atomic E-state index is 12.8. The number of nitrogens with one attached hydrogen (secondary N) is 1.